The highest BCUT2D eigenvalue weighted by atomic mass is 32.2. The summed E-state index contributed by atoms with van der Waals surface area (Å²) in [6.07, 6.45) is 3.56. The minimum absolute atomic E-state index is 0.149. The maximum Gasteiger partial charge on any atom is 0.247 e. The van der Waals surface area contributed by atoms with Gasteiger partial charge in [0.15, 0.2) is 15.5 Å². The third kappa shape index (κ3) is 6.20. The first-order valence-electron chi connectivity index (χ1n) is 12.8. The number of sulfone groups is 1. The van der Waals surface area contributed by atoms with E-state index in [1.807, 2.05) is 49.5 Å². The van der Waals surface area contributed by atoms with Gasteiger partial charge in [-0.25, -0.2) is 17.3 Å². The molecule has 0 saturated heterocycles. The fourth-order valence-electron chi connectivity index (χ4n) is 4.48. The average molecular weight is 574 g/mol. The summed E-state index contributed by atoms with van der Waals surface area (Å²) < 4.78 is 44.0. The molecule has 0 radical (unpaired) electrons. The molecule has 1 atom stereocenters. The molecule has 0 fully saturated rings. The highest BCUT2D eigenvalue weighted by Gasteiger charge is 2.19. The topological polar surface area (TPSA) is 115 Å². The number of carbonyl (C=O) groups excluding carboxylic acids is 1. The molecule has 11 heteroatoms. The van der Waals surface area contributed by atoms with Gasteiger partial charge in [0.05, 0.1) is 23.6 Å². The van der Waals surface area contributed by atoms with Crippen LogP contribution >= 0.6 is 0 Å². The molecule has 3 aromatic carbocycles. The predicted molar refractivity (Wildman–Crippen MR) is 156 cm³/mol. The second-order valence-electron chi connectivity index (χ2n) is 9.49. The summed E-state index contributed by atoms with van der Waals surface area (Å²) in [4.78, 5) is 17.5. The van der Waals surface area contributed by atoms with Crippen molar-refractivity contribution in [1.82, 2.24) is 14.6 Å². The zero-order valence-corrected chi connectivity index (χ0v) is 23.4. The Bertz CT molecular complexity index is 1820. The normalized spacial score (nSPS) is 12.2. The Balaban J connectivity index is 1.31. The highest BCUT2D eigenvalue weighted by Crippen LogP contribution is 2.30. The van der Waals surface area contributed by atoms with E-state index in [4.69, 9.17) is 4.74 Å². The molecule has 210 valence electrons. The van der Waals surface area contributed by atoms with Crippen molar-refractivity contribution in [3.05, 3.63) is 96.4 Å². The quantitative estimate of drug-likeness (QED) is 0.228. The molecule has 0 aliphatic rings. The smallest absolute Gasteiger partial charge is 0.247 e. The monoisotopic (exact) mass is 573 g/mol. The Morgan fingerprint density at radius 2 is 1.71 bits per heavy atom. The lowest BCUT2D eigenvalue weighted by atomic mass is 9.95. The van der Waals surface area contributed by atoms with Gasteiger partial charge in [-0.2, -0.15) is 4.98 Å². The van der Waals surface area contributed by atoms with E-state index in [0.717, 1.165) is 22.9 Å². The number of amides is 1. The first-order chi connectivity index (χ1) is 19.6. The number of benzene rings is 3. The van der Waals surface area contributed by atoms with Gasteiger partial charge in [-0.15, -0.1) is 5.10 Å². The lowest BCUT2D eigenvalue weighted by molar-refractivity contribution is -0.117. The van der Waals surface area contributed by atoms with Gasteiger partial charge in [0.25, 0.3) is 0 Å². The van der Waals surface area contributed by atoms with E-state index in [2.05, 4.69) is 20.7 Å². The van der Waals surface area contributed by atoms with Gasteiger partial charge in [0.2, 0.25) is 11.9 Å². The minimum Gasteiger partial charge on any atom is -0.495 e. The first-order valence-corrected chi connectivity index (χ1v) is 14.7. The molecule has 1 unspecified atom stereocenters. The molecular weight excluding hydrogens is 545 g/mol. The summed E-state index contributed by atoms with van der Waals surface area (Å²) in [5.41, 5.74) is 4.36. The van der Waals surface area contributed by atoms with Crippen molar-refractivity contribution in [2.75, 3.05) is 24.0 Å². The van der Waals surface area contributed by atoms with Crippen molar-refractivity contribution in [1.29, 1.82) is 0 Å². The van der Waals surface area contributed by atoms with Crippen LogP contribution < -0.4 is 15.4 Å². The van der Waals surface area contributed by atoms with Crippen LogP contribution in [0.25, 0.3) is 16.8 Å². The van der Waals surface area contributed by atoms with Gasteiger partial charge < -0.3 is 15.4 Å². The number of pyridine rings is 1. The largest absolute Gasteiger partial charge is 0.495 e. The number of halogens is 1. The van der Waals surface area contributed by atoms with E-state index < -0.39 is 9.84 Å². The Morgan fingerprint density at radius 1 is 1.00 bits per heavy atom. The molecule has 5 rings (SSSR count). The molecule has 0 saturated carbocycles. The van der Waals surface area contributed by atoms with Gasteiger partial charge in [-0.05, 0) is 66.1 Å². The molecule has 0 aliphatic carbocycles. The van der Waals surface area contributed by atoms with Crippen LogP contribution in [0.15, 0.2) is 90.0 Å². The number of nitrogens with one attached hydrogen (secondary N) is 2. The first kappa shape index (κ1) is 27.8. The lowest BCUT2D eigenvalue weighted by Gasteiger charge is -2.16. The summed E-state index contributed by atoms with van der Waals surface area (Å²) in [5, 5.41) is 10.5. The molecule has 0 aliphatic heterocycles. The summed E-state index contributed by atoms with van der Waals surface area (Å²) in [6, 6.07) is 21.8. The molecule has 2 aromatic heterocycles. The molecule has 0 bridgehead atoms. The van der Waals surface area contributed by atoms with E-state index in [1.165, 1.54) is 31.4 Å². The SMILES string of the molecule is CCC(C(=O)Nc1ccc(-c2ccc3nc(Nc4ccc(S(C)(=O)=O)cc4OC)nn3c2)cc1)c1ccc(F)cc1. The predicted octanol–water partition coefficient (Wildman–Crippen LogP) is 5.82. The average Bonchev–Trinajstić information content (AvgIpc) is 3.36. The number of carbonyl (C=O) groups is 1. The molecule has 9 nitrogen and oxygen atoms in total. The van der Waals surface area contributed by atoms with Crippen molar-refractivity contribution < 1.29 is 22.3 Å². The molecular formula is C30H28FN5O4S. The molecule has 5 aromatic rings. The lowest BCUT2D eigenvalue weighted by Crippen LogP contribution is -2.20. The van der Waals surface area contributed by atoms with Crippen LogP contribution in [-0.2, 0) is 14.6 Å². The number of rotatable bonds is 9. The summed E-state index contributed by atoms with van der Waals surface area (Å²) >= 11 is 0. The number of hydrogen-bond acceptors (Lipinski definition) is 7. The maximum absolute atomic E-state index is 13.3. The zero-order valence-electron chi connectivity index (χ0n) is 22.6. The maximum atomic E-state index is 13.3. The minimum atomic E-state index is -3.38. The van der Waals surface area contributed by atoms with Gasteiger partial charge in [-0.3, -0.25) is 4.79 Å². The van der Waals surface area contributed by atoms with Gasteiger partial charge >= 0.3 is 0 Å². The van der Waals surface area contributed by atoms with Crippen LogP contribution in [0.3, 0.4) is 0 Å². The number of aromatic nitrogens is 3. The Kier molecular flexibility index (Phi) is 7.71. The van der Waals surface area contributed by atoms with E-state index in [9.17, 15) is 17.6 Å². The summed E-state index contributed by atoms with van der Waals surface area (Å²) in [5.74, 6) is -0.207. The van der Waals surface area contributed by atoms with E-state index in [-0.39, 0.29) is 22.5 Å². The third-order valence-corrected chi connectivity index (χ3v) is 7.77. The number of anilines is 3. The van der Waals surface area contributed by atoms with E-state index >= 15 is 0 Å². The standard InChI is InChI=1S/C30H28FN5O4S/c1-4-25(20-5-10-22(31)11-6-20)29(37)32-23-12-7-19(8-13-23)21-9-16-28-34-30(35-36(28)18-21)33-26-15-14-24(41(3,38)39)17-27(26)40-2/h5-18,25H,4H2,1-3H3,(H,32,37)(H,33,35). The van der Waals surface area contributed by atoms with Crippen LogP contribution in [-0.4, -0.2) is 42.3 Å². The number of ether oxygens (including phenoxy) is 1. The van der Waals surface area contributed by atoms with Crippen LogP contribution in [0.5, 0.6) is 5.75 Å². The number of nitrogens with zero attached hydrogens (tertiary/aromatic N) is 3. The molecule has 0 spiro atoms. The second-order valence-corrected chi connectivity index (χ2v) is 11.5. The number of hydrogen-bond donors (Lipinski definition) is 2. The van der Waals surface area contributed by atoms with Crippen molar-refractivity contribution in [2.45, 2.75) is 24.2 Å². The molecule has 41 heavy (non-hydrogen) atoms. The van der Waals surface area contributed by atoms with Gasteiger partial charge in [0.1, 0.15) is 11.6 Å². The van der Waals surface area contributed by atoms with Crippen LogP contribution in [0.1, 0.15) is 24.8 Å². The van der Waals surface area contributed by atoms with Gasteiger partial charge in [0, 0.05) is 29.8 Å². The summed E-state index contributed by atoms with van der Waals surface area (Å²) in [7, 11) is -1.92. The number of methoxy groups -OCH3 is 1. The molecule has 2 N–H and O–H groups in total. The third-order valence-electron chi connectivity index (χ3n) is 6.66. The van der Waals surface area contributed by atoms with E-state index in [0.29, 0.717) is 35.1 Å². The van der Waals surface area contributed by atoms with Crippen molar-refractivity contribution in [3.8, 4) is 16.9 Å². The van der Waals surface area contributed by atoms with Crippen LogP contribution in [0.4, 0.5) is 21.7 Å². The number of fused-ring (bicyclic) bond motifs is 1. The van der Waals surface area contributed by atoms with Crippen molar-refractivity contribution in [3.63, 3.8) is 0 Å². The Morgan fingerprint density at radius 3 is 2.37 bits per heavy atom. The Labute approximate surface area is 236 Å². The fraction of sp³-hybridized carbons (Fsp3) is 0.167. The van der Waals surface area contributed by atoms with Crippen molar-refractivity contribution >= 4 is 38.7 Å². The van der Waals surface area contributed by atoms with E-state index in [1.54, 1.807) is 22.7 Å². The summed E-state index contributed by atoms with van der Waals surface area (Å²) in [6.45, 7) is 1.92. The van der Waals surface area contributed by atoms with Crippen LogP contribution in [0, 0.1) is 5.82 Å². The van der Waals surface area contributed by atoms with Gasteiger partial charge in [-0.1, -0.05) is 31.2 Å². The molecule has 2 heterocycles. The Hall–Kier alpha value is -4.77. The van der Waals surface area contributed by atoms with Crippen LogP contribution in [0.2, 0.25) is 0 Å². The second kappa shape index (κ2) is 11.4. The zero-order chi connectivity index (χ0) is 29.1. The highest BCUT2D eigenvalue weighted by molar-refractivity contribution is 7.90. The fourth-order valence-corrected chi connectivity index (χ4v) is 5.11. The van der Waals surface area contributed by atoms with Crippen molar-refractivity contribution in [2.24, 2.45) is 0 Å². The molecule has 1 amide bonds.